The number of hydrogen-bond donors (Lipinski definition) is 1. The molecule has 0 aliphatic heterocycles. The van der Waals surface area contributed by atoms with Crippen molar-refractivity contribution in [2.75, 3.05) is 19.0 Å². The molecule has 0 spiro atoms. The van der Waals surface area contributed by atoms with Crippen LogP contribution < -0.4 is 14.8 Å². The second-order valence-electron chi connectivity index (χ2n) is 4.46. The summed E-state index contributed by atoms with van der Waals surface area (Å²) in [5.74, 6) is 1.45. The first-order valence-electron chi connectivity index (χ1n) is 6.80. The maximum atomic E-state index is 8.77. The highest BCUT2D eigenvalue weighted by molar-refractivity contribution is 5.55. The maximum absolute atomic E-state index is 8.77. The quantitative estimate of drug-likeness (QED) is 0.880. The molecule has 0 aliphatic rings. The van der Waals surface area contributed by atoms with Crippen LogP contribution in [0, 0.1) is 11.3 Å². The number of hydrogen-bond acceptors (Lipinski definition) is 4. The molecule has 2 aromatic rings. The summed E-state index contributed by atoms with van der Waals surface area (Å²) < 4.78 is 10.8. The van der Waals surface area contributed by atoms with E-state index < -0.39 is 0 Å². The van der Waals surface area contributed by atoms with Gasteiger partial charge in [-0.2, -0.15) is 5.26 Å². The molecule has 0 bridgehead atoms. The lowest BCUT2D eigenvalue weighted by Crippen LogP contribution is -2.01. The Balaban J connectivity index is 2.04. The van der Waals surface area contributed by atoms with Crippen molar-refractivity contribution in [2.24, 2.45) is 0 Å². The summed E-state index contributed by atoms with van der Waals surface area (Å²) in [6, 6.07) is 15.4. The summed E-state index contributed by atoms with van der Waals surface area (Å²) in [7, 11) is 1.63. The molecule has 4 heteroatoms. The van der Waals surface area contributed by atoms with Crippen molar-refractivity contribution < 1.29 is 9.47 Å². The predicted molar refractivity (Wildman–Crippen MR) is 82.6 cm³/mol. The largest absolute Gasteiger partial charge is 0.493 e. The van der Waals surface area contributed by atoms with Crippen molar-refractivity contribution in [3.63, 3.8) is 0 Å². The van der Waals surface area contributed by atoms with Gasteiger partial charge in [0.2, 0.25) is 0 Å². The van der Waals surface area contributed by atoms with Crippen molar-refractivity contribution in [1.29, 1.82) is 5.26 Å². The van der Waals surface area contributed by atoms with Gasteiger partial charge in [-0.3, -0.25) is 0 Å². The molecule has 4 nitrogen and oxygen atoms in total. The van der Waals surface area contributed by atoms with E-state index in [1.165, 1.54) is 0 Å². The van der Waals surface area contributed by atoms with Crippen molar-refractivity contribution in [2.45, 2.75) is 13.5 Å². The number of nitriles is 1. The molecule has 0 amide bonds. The highest BCUT2D eigenvalue weighted by atomic mass is 16.5. The van der Waals surface area contributed by atoms with E-state index in [4.69, 9.17) is 14.7 Å². The number of benzene rings is 2. The van der Waals surface area contributed by atoms with Gasteiger partial charge < -0.3 is 14.8 Å². The van der Waals surface area contributed by atoms with Crippen LogP contribution in [0.4, 0.5) is 5.69 Å². The van der Waals surface area contributed by atoms with Crippen LogP contribution in [0.1, 0.15) is 18.1 Å². The minimum absolute atomic E-state index is 0.606. The lowest BCUT2D eigenvalue weighted by molar-refractivity contribution is 0.311. The molecule has 0 radical (unpaired) electrons. The van der Waals surface area contributed by atoms with Crippen LogP contribution >= 0.6 is 0 Å². The number of anilines is 1. The lowest BCUT2D eigenvalue weighted by Gasteiger charge is -2.12. The second kappa shape index (κ2) is 7.20. The Morgan fingerprint density at radius 2 is 1.86 bits per heavy atom. The van der Waals surface area contributed by atoms with Crippen LogP contribution in [-0.4, -0.2) is 13.7 Å². The fourth-order valence-corrected chi connectivity index (χ4v) is 1.95. The van der Waals surface area contributed by atoms with Gasteiger partial charge in [0.25, 0.3) is 0 Å². The molecule has 0 unspecified atom stereocenters. The zero-order chi connectivity index (χ0) is 15.1. The van der Waals surface area contributed by atoms with Gasteiger partial charge in [-0.15, -0.1) is 0 Å². The first kappa shape index (κ1) is 14.7. The Bertz CT molecular complexity index is 630. The van der Waals surface area contributed by atoms with E-state index in [9.17, 15) is 0 Å². The second-order valence-corrected chi connectivity index (χ2v) is 4.46. The topological polar surface area (TPSA) is 54.3 Å². The van der Waals surface area contributed by atoms with Crippen LogP contribution in [0.15, 0.2) is 42.5 Å². The summed E-state index contributed by atoms with van der Waals surface area (Å²) in [6.07, 6.45) is 0. The molecule has 108 valence electrons. The summed E-state index contributed by atoms with van der Waals surface area (Å²) in [6.45, 7) is 3.23. The number of ether oxygens (including phenoxy) is 2. The minimum atomic E-state index is 0.606. The fourth-order valence-electron chi connectivity index (χ4n) is 1.95. The van der Waals surface area contributed by atoms with E-state index >= 15 is 0 Å². The summed E-state index contributed by atoms with van der Waals surface area (Å²) >= 11 is 0. The standard InChI is InChI=1S/C17H18N2O2/c1-3-21-16-9-8-15(10-17(16)20-2)19-12-14-6-4-13(11-18)5-7-14/h4-10,19H,3,12H2,1-2H3. The molecule has 0 aromatic heterocycles. The molecular formula is C17H18N2O2. The fraction of sp³-hybridized carbons (Fsp3) is 0.235. The Labute approximate surface area is 124 Å². The van der Waals surface area contributed by atoms with Gasteiger partial charge in [-0.1, -0.05) is 12.1 Å². The van der Waals surface area contributed by atoms with Crippen molar-refractivity contribution in [3.05, 3.63) is 53.6 Å². The van der Waals surface area contributed by atoms with E-state index in [1.807, 2.05) is 49.4 Å². The van der Waals surface area contributed by atoms with Crippen LogP contribution in [0.2, 0.25) is 0 Å². The molecule has 21 heavy (non-hydrogen) atoms. The van der Waals surface area contributed by atoms with E-state index in [2.05, 4.69) is 11.4 Å². The number of nitrogens with one attached hydrogen (secondary N) is 1. The molecule has 0 heterocycles. The third-order valence-electron chi connectivity index (χ3n) is 3.04. The number of methoxy groups -OCH3 is 1. The van der Waals surface area contributed by atoms with Crippen LogP contribution in [0.3, 0.4) is 0 Å². The molecule has 0 fully saturated rings. The molecule has 0 atom stereocenters. The Kier molecular flexibility index (Phi) is 5.05. The van der Waals surface area contributed by atoms with Crippen molar-refractivity contribution in [1.82, 2.24) is 0 Å². The lowest BCUT2D eigenvalue weighted by atomic mass is 10.1. The first-order valence-corrected chi connectivity index (χ1v) is 6.80. The third kappa shape index (κ3) is 3.90. The van der Waals surface area contributed by atoms with Gasteiger partial charge in [-0.05, 0) is 36.8 Å². The predicted octanol–water partition coefficient (Wildman–Crippen LogP) is 3.58. The summed E-state index contributed by atoms with van der Waals surface area (Å²) in [5.41, 5.74) is 2.74. The smallest absolute Gasteiger partial charge is 0.162 e. The monoisotopic (exact) mass is 282 g/mol. The maximum Gasteiger partial charge on any atom is 0.162 e. The molecule has 2 aromatic carbocycles. The molecular weight excluding hydrogens is 264 g/mol. The third-order valence-corrected chi connectivity index (χ3v) is 3.04. The normalized spacial score (nSPS) is 9.76. The Morgan fingerprint density at radius 3 is 2.48 bits per heavy atom. The highest BCUT2D eigenvalue weighted by Gasteiger charge is 2.05. The Morgan fingerprint density at radius 1 is 1.10 bits per heavy atom. The average molecular weight is 282 g/mol. The number of nitrogens with zero attached hydrogens (tertiary/aromatic N) is 1. The van der Waals surface area contributed by atoms with E-state index in [0.29, 0.717) is 24.5 Å². The summed E-state index contributed by atoms with van der Waals surface area (Å²) in [4.78, 5) is 0. The molecule has 1 N–H and O–H groups in total. The minimum Gasteiger partial charge on any atom is -0.493 e. The van der Waals surface area contributed by atoms with Gasteiger partial charge in [0.15, 0.2) is 11.5 Å². The molecule has 0 saturated heterocycles. The zero-order valence-corrected chi connectivity index (χ0v) is 12.2. The molecule has 2 rings (SSSR count). The van der Waals surface area contributed by atoms with Gasteiger partial charge in [0, 0.05) is 18.3 Å². The van der Waals surface area contributed by atoms with E-state index in [1.54, 1.807) is 7.11 Å². The van der Waals surface area contributed by atoms with Gasteiger partial charge >= 0.3 is 0 Å². The van der Waals surface area contributed by atoms with Gasteiger partial charge in [-0.25, -0.2) is 0 Å². The Hall–Kier alpha value is -2.67. The summed E-state index contributed by atoms with van der Waals surface area (Å²) in [5, 5.41) is 12.1. The van der Waals surface area contributed by atoms with Crippen LogP contribution in [0.25, 0.3) is 0 Å². The first-order chi connectivity index (χ1) is 10.3. The molecule has 0 aliphatic carbocycles. The van der Waals surface area contributed by atoms with E-state index in [-0.39, 0.29) is 0 Å². The van der Waals surface area contributed by atoms with Crippen molar-refractivity contribution in [3.8, 4) is 17.6 Å². The highest BCUT2D eigenvalue weighted by Crippen LogP contribution is 2.30. The van der Waals surface area contributed by atoms with E-state index in [0.717, 1.165) is 17.0 Å². The van der Waals surface area contributed by atoms with Gasteiger partial charge in [0.1, 0.15) is 0 Å². The SMILES string of the molecule is CCOc1ccc(NCc2ccc(C#N)cc2)cc1OC. The van der Waals surface area contributed by atoms with Crippen LogP contribution in [-0.2, 0) is 6.54 Å². The molecule has 0 saturated carbocycles. The van der Waals surface area contributed by atoms with Crippen LogP contribution in [0.5, 0.6) is 11.5 Å². The zero-order valence-electron chi connectivity index (χ0n) is 12.2. The van der Waals surface area contributed by atoms with Gasteiger partial charge in [0.05, 0.1) is 25.3 Å². The average Bonchev–Trinajstić information content (AvgIpc) is 2.54. The van der Waals surface area contributed by atoms with Crippen molar-refractivity contribution >= 4 is 5.69 Å². The number of rotatable bonds is 6.